The molecular weight excluding hydrogens is 290 g/mol. The molecule has 108 valence electrons. The van der Waals surface area contributed by atoms with E-state index in [9.17, 15) is 23.8 Å². The third-order valence-electron chi connectivity index (χ3n) is 2.38. The molecule has 0 aromatic heterocycles. The first-order valence-electron chi connectivity index (χ1n) is 5.57. The van der Waals surface area contributed by atoms with Crippen LogP contribution in [0.5, 0.6) is 5.75 Å². The smallest absolute Gasteiger partial charge is 0.392 e. The van der Waals surface area contributed by atoms with Crippen molar-refractivity contribution < 1.29 is 28.3 Å². The summed E-state index contributed by atoms with van der Waals surface area (Å²) < 4.78 is 28.7. The van der Waals surface area contributed by atoms with Gasteiger partial charge in [0, 0.05) is 0 Å². The van der Waals surface area contributed by atoms with Gasteiger partial charge in [0.05, 0.1) is 0 Å². The molecule has 1 rings (SSSR count). The molecule has 0 aliphatic rings. The SMILES string of the molecule is CC(C)(C)C(P(=O)(O)O)P(=O)(O)Oc1ccccc1. The first kappa shape index (κ1) is 16.4. The van der Waals surface area contributed by atoms with Gasteiger partial charge in [-0.1, -0.05) is 39.0 Å². The molecule has 0 saturated heterocycles. The highest BCUT2D eigenvalue weighted by atomic mass is 31.2. The lowest BCUT2D eigenvalue weighted by Crippen LogP contribution is -2.28. The lowest BCUT2D eigenvalue weighted by molar-refractivity contribution is 0.292. The van der Waals surface area contributed by atoms with E-state index in [0.717, 1.165) is 0 Å². The Morgan fingerprint density at radius 1 is 1.05 bits per heavy atom. The summed E-state index contributed by atoms with van der Waals surface area (Å²) in [5, 5.41) is -1.78. The van der Waals surface area contributed by atoms with Crippen LogP contribution in [0.25, 0.3) is 0 Å². The lowest BCUT2D eigenvalue weighted by Gasteiger charge is -2.33. The van der Waals surface area contributed by atoms with E-state index < -0.39 is 26.0 Å². The Morgan fingerprint density at radius 2 is 1.53 bits per heavy atom. The predicted octanol–water partition coefficient (Wildman–Crippen LogP) is 2.80. The van der Waals surface area contributed by atoms with Gasteiger partial charge in [0.1, 0.15) is 5.75 Å². The molecule has 0 heterocycles. The number of para-hydroxylation sites is 1. The maximum Gasteiger partial charge on any atom is 0.392 e. The third kappa shape index (κ3) is 4.44. The van der Waals surface area contributed by atoms with E-state index in [1.165, 1.54) is 32.9 Å². The largest absolute Gasteiger partial charge is 0.424 e. The van der Waals surface area contributed by atoms with E-state index >= 15 is 0 Å². The van der Waals surface area contributed by atoms with Crippen molar-refractivity contribution in [1.82, 2.24) is 0 Å². The fourth-order valence-electron chi connectivity index (χ4n) is 1.87. The number of hydrogen-bond acceptors (Lipinski definition) is 3. The van der Waals surface area contributed by atoms with E-state index in [4.69, 9.17) is 4.52 Å². The minimum Gasteiger partial charge on any atom is -0.424 e. The average Bonchev–Trinajstić information content (AvgIpc) is 2.11. The fraction of sp³-hybridized carbons (Fsp3) is 0.455. The zero-order valence-electron chi connectivity index (χ0n) is 10.9. The minimum absolute atomic E-state index is 0.0935. The topological polar surface area (TPSA) is 104 Å². The molecule has 2 atom stereocenters. The second-order valence-corrected chi connectivity index (χ2v) is 9.23. The molecule has 0 amide bonds. The fourth-order valence-corrected chi connectivity index (χ4v) is 6.04. The van der Waals surface area contributed by atoms with Gasteiger partial charge in [-0.2, -0.15) is 0 Å². The normalized spacial score (nSPS) is 17.6. The van der Waals surface area contributed by atoms with Gasteiger partial charge in [-0.25, -0.2) is 4.57 Å². The van der Waals surface area contributed by atoms with Crippen molar-refractivity contribution >= 4 is 15.2 Å². The Hall–Kier alpha value is -0.640. The van der Waals surface area contributed by atoms with Crippen LogP contribution in [0.4, 0.5) is 0 Å². The van der Waals surface area contributed by atoms with Gasteiger partial charge in [-0.05, 0) is 17.5 Å². The van der Waals surface area contributed by atoms with Crippen LogP contribution in [0.1, 0.15) is 20.8 Å². The van der Waals surface area contributed by atoms with Crippen LogP contribution in [0.15, 0.2) is 30.3 Å². The van der Waals surface area contributed by atoms with Crippen molar-refractivity contribution in [1.29, 1.82) is 0 Å². The van der Waals surface area contributed by atoms with E-state index in [1.54, 1.807) is 18.2 Å². The quantitative estimate of drug-likeness (QED) is 0.739. The zero-order valence-corrected chi connectivity index (χ0v) is 12.7. The van der Waals surface area contributed by atoms with Crippen LogP contribution in [0.2, 0.25) is 0 Å². The number of benzene rings is 1. The summed E-state index contributed by atoms with van der Waals surface area (Å²) in [5.74, 6) is 0.0935. The zero-order chi connectivity index (χ0) is 14.9. The Bertz CT molecular complexity index is 516. The highest BCUT2D eigenvalue weighted by molar-refractivity contribution is 7.71. The molecule has 0 saturated carbocycles. The van der Waals surface area contributed by atoms with E-state index in [2.05, 4.69) is 0 Å². The summed E-state index contributed by atoms with van der Waals surface area (Å²) in [4.78, 5) is 28.6. The summed E-state index contributed by atoms with van der Waals surface area (Å²) in [7, 11) is -9.32. The summed E-state index contributed by atoms with van der Waals surface area (Å²) in [6.07, 6.45) is 0. The lowest BCUT2D eigenvalue weighted by atomic mass is 10.00. The number of hydrogen-bond donors (Lipinski definition) is 3. The maximum absolute atomic E-state index is 12.2. The molecule has 0 aliphatic heterocycles. The molecule has 1 aromatic carbocycles. The molecule has 0 radical (unpaired) electrons. The van der Waals surface area contributed by atoms with Crippen molar-refractivity contribution in [2.45, 2.75) is 26.2 Å². The van der Waals surface area contributed by atoms with Gasteiger partial charge in [-0.3, -0.25) is 4.57 Å². The van der Waals surface area contributed by atoms with Crippen molar-refractivity contribution in [3.63, 3.8) is 0 Å². The second kappa shape index (κ2) is 5.39. The molecule has 1 aromatic rings. The minimum atomic E-state index is -4.79. The first-order chi connectivity index (χ1) is 8.44. The van der Waals surface area contributed by atoms with Crippen molar-refractivity contribution in [2.24, 2.45) is 5.41 Å². The van der Waals surface area contributed by atoms with Crippen molar-refractivity contribution in [3.05, 3.63) is 30.3 Å². The highest BCUT2D eigenvalue weighted by Gasteiger charge is 2.53. The third-order valence-corrected chi connectivity index (χ3v) is 7.44. The van der Waals surface area contributed by atoms with Gasteiger partial charge in [-0.15, -0.1) is 0 Å². The summed E-state index contributed by atoms with van der Waals surface area (Å²) in [5.41, 5.74) is -1.09. The van der Waals surface area contributed by atoms with E-state index in [-0.39, 0.29) is 5.75 Å². The van der Waals surface area contributed by atoms with Gasteiger partial charge in [0.2, 0.25) is 0 Å². The molecule has 3 N–H and O–H groups in total. The summed E-state index contributed by atoms with van der Waals surface area (Å²) in [6, 6.07) is 7.78. The summed E-state index contributed by atoms with van der Waals surface area (Å²) in [6.45, 7) is 4.44. The average molecular weight is 308 g/mol. The van der Waals surface area contributed by atoms with Crippen LogP contribution < -0.4 is 4.52 Å². The van der Waals surface area contributed by atoms with Crippen LogP contribution in [-0.2, 0) is 9.13 Å². The van der Waals surface area contributed by atoms with Crippen molar-refractivity contribution in [3.8, 4) is 5.75 Å². The monoisotopic (exact) mass is 308 g/mol. The van der Waals surface area contributed by atoms with Gasteiger partial charge in [0.25, 0.3) is 0 Å². The molecule has 6 nitrogen and oxygen atoms in total. The van der Waals surface area contributed by atoms with Gasteiger partial charge in [0.15, 0.2) is 5.40 Å². The van der Waals surface area contributed by atoms with E-state index in [1.807, 2.05) is 0 Å². The highest BCUT2D eigenvalue weighted by Crippen LogP contribution is 2.67. The molecule has 0 aliphatic carbocycles. The van der Waals surface area contributed by atoms with E-state index in [0.29, 0.717) is 0 Å². The van der Waals surface area contributed by atoms with Gasteiger partial charge >= 0.3 is 15.2 Å². The Morgan fingerprint density at radius 3 is 1.89 bits per heavy atom. The summed E-state index contributed by atoms with van der Waals surface area (Å²) >= 11 is 0. The Labute approximate surface area is 112 Å². The Kier molecular flexibility index (Phi) is 4.66. The van der Waals surface area contributed by atoms with Crippen LogP contribution in [-0.4, -0.2) is 20.1 Å². The van der Waals surface area contributed by atoms with Crippen LogP contribution >= 0.6 is 15.2 Å². The first-order valence-corrected chi connectivity index (χ1v) is 8.90. The molecule has 0 bridgehead atoms. The molecule has 19 heavy (non-hydrogen) atoms. The molecule has 0 fully saturated rings. The molecular formula is C11H18O6P2. The van der Waals surface area contributed by atoms with Crippen molar-refractivity contribution in [2.75, 3.05) is 0 Å². The predicted molar refractivity (Wildman–Crippen MR) is 72.2 cm³/mol. The molecule has 2 unspecified atom stereocenters. The Balaban J connectivity index is 3.15. The van der Waals surface area contributed by atoms with Crippen LogP contribution in [0.3, 0.4) is 0 Å². The van der Waals surface area contributed by atoms with Gasteiger partial charge < -0.3 is 19.2 Å². The maximum atomic E-state index is 12.2. The van der Waals surface area contributed by atoms with Crippen LogP contribution in [0, 0.1) is 5.41 Å². The molecule has 8 heteroatoms. The second-order valence-electron chi connectivity index (χ2n) is 5.30. The number of rotatable bonds is 4. The molecule has 0 spiro atoms. The standard InChI is InChI=1S/C11H18O6P2/c1-11(2,3)10(18(12,13)14)19(15,16)17-9-7-5-4-6-8-9/h4-8,10H,1-3H3,(H,15,16)(H2,12,13,14).